The van der Waals surface area contributed by atoms with Crippen molar-refractivity contribution in [2.45, 2.75) is 43.5 Å². The summed E-state index contributed by atoms with van der Waals surface area (Å²) in [6.07, 6.45) is -1.22. The SMILES string of the molecule is Cc1cc(C(F)(F)F)cnc1Oc1ccc2c(c1)CCC[C@H]2C1SC(=O)NC1=O. The van der Waals surface area contributed by atoms with Crippen molar-refractivity contribution in [2.75, 3.05) is 0 Å². The molecule has 0 bridgehead atoms. The van der Waals surface area contributed by atoms with E-state index in [4.69, 9.17) is 4.74 Å². The van der Waals surface area contributed by atoms with Crippen molar-refractivity contribution in [3.63, 3.8) is 0 Å². The third-order valence-electron chi connectivity index (χ3n) is 5.13. The predicted molar refractivity (Wildman–Crippen MR) is 101 cm³/mol. The maximum atomic E-state index is 12.8. The number of nitrogens with one attached hydrogen (secondary N) is 1. The molecular formula is C20H17F3N2O3S. The molecule has 0 spiro atoms. The van der Waals surface area contributed by atoms with Crippen LogP contribution in [0, 0.1) is 6.92 Å². The van der Waals surface area contributed by atoms with Gasteiger partial charge in [-0.25, -0.2) is 4.98 Å². The number of aryl methyl sites for hydroxylation is 2. The highest BCUT2D eigenvalue weighted by molar-refractivity contribution is 8.15. The standard InChI is InChI=1S/C20H17F3N2O3S/c1-10-7-12(20(21,22)23)9-24-18(10)28-13-5-6-14-11(8-13)3-2-4-15(14)16-17(26)25-19(27)29-16/h5-9,15-16H,2-4H2,1H3,(H,25,26,27)/t15-,16?/m1/s1. The minimum atomic E-state index is -4.46. The van der Waals surface area contributed by atoms with Crippen LogP contribution in [0.25, 0.3) is 0 Å². The Morgan fingerprint density at radius 1 is 1.24 bits per heavy atom. The number of rotatable bonds is 3. The number of hydrogen-bond acceptors (Lipinski definition) is 5. The highest BCUT2D eigenvalue weighted by Crippen LogP contribution is 2.42. The van der Waals surface area contributed by atoms with Gasteiger partial charge in [0.25, 0.3) is 5.24 Å². The van der Waals surface area contributed by atoms with Gasteiger partial charge in [-0.05, 0) is 55.5 Å². The summed E-state index contributed by atoms with van der Waals surface area (Å²) in [6, 6.07) is 6.42. The number of nitrogens with zero attached hydrogens (tertiary/aromatic N) is 1. The van der Waals surface area contributed by atoms with Gasteiger partial charge in [0.15, 0.2) is 0 Å². The zero-order valence-electron chi connectivity index (χ0n) is 15.4. The first kappa shape index (κ1) is 19.8. The molecule has 1 aliphatic heterocycles. The highest BCUT2D eigenvalue weighted by Gasteiger charge is 2.40. The number of carbonyl (C=O) groups is 2. The van der Waals surface area contributed by atoms with Crippen LogP contribution in [-0.4, -0.2) is 21.4 Å². The van der Waals surface area contributed by atoms with Crippen molar-refractivity contribution in [3.05, 3.63) is 52.7 Å². The number of fused-ring (bicyclic) bond motifs is 1. The Labute approximate surface area is 169 Å². The number of ether oxygens (including phenoxy) is 1. The Bertz CT molecular complexity index is 993. The van der Waals surface area contributed by atoms with Gasteiger partial charge in [-0.2, -0.15) is 13.2 Å². The van der Waals surface area contributed by atoms with Crippen molar-refractivity contribution < 1.29 is 27.5 Å². The number of imide groups is 1. The Hall–Kier alpha value is -2.55. The Balaban J connectivity index is 1.57. The molecule has 1 saturated heterocycles. The topological polar surface area (TPSA) is 68.3 Å². The molecule has 29 heavy (non-hydrogen) atoms. The van der Waals surface area contributed by atoms with Gasteiger partial charge >= 0.3 is 6.18 Å². The Morgan fingerprint density at radius 3 is 2.69 bits per heavy atom. The zero-order valence-corrected chi connectivity index (χ0v) is 16.2. The first-order chi connectivity index (χ1) is 13.7. The molecule has 2 atom stereocenters. The second kappa shape index (κ2) is 7.37. The number of halogens is 3. The van der Waals surface area contributed by atoms with Gasteiger partial charge < -0.3 is 4.74 Å². The van der Waals surface area contributed by atoms with Crippen LogP contribution in [0.4, 0.5) is 18.0 Å². The molecule has 9 heteroatoms. The molecule has 2 amide bonds. The number of hydrogen-bond donors (Lipinski definition) is 1. The zero-order chi connectivity index (χ0) is 20.8. The third kappa shape index (κ3) is 3.96. The lowest BCUT2D eigenvalue weighted by Gasteiger charge is -2.28. The summed E-state index contributed by atoms with van der Waals surface area (Å²) in [5, 5.41) is 1.57. The van der Waals surface area contributed by atoms with Crippen LogP contribution in [0.2, 0.25) is 0 Å². The first-order valence-corrected chi connectivity index (χ1v) is 9.96. The molecule has 0 saturated carbocycles. The van der Waals surface area contributed by atoms with Gasteiger partial charge in [0.05, 0.1) is 5.56 Å². The minimum absolute atomic E-state index is 0.0600. The molecule has 1 aliphatic carbocycles. The number of amides is 2. The second-order valence-corrected chi connectivity index (χ2v) is 8.23. The molecule has 1 aromatic heterocycles. The van der Waals surface area contributed by atoms with E-state index in [0.717, 1.165) is 54.4 Å². The molecule has 1 aromatic carbocycles. The smallest absolute Gasteiger partial charge is 0.417 e. The first-order valence-electron chi connectivity index (χ1n) is 9.08. The lowest BCUT2D eigenvalue weighted by molar-refractivity contribution is -0.137. The quantitative estimate of drug-likeness (QED) is 0.756. The van der Waals surface area contributed by atoms with Crippen molar-refractivity contribution in [1.29, 1.82) is 0 Å². The lowest BCUT2D eigenvalue weighted by Crippen LogP contribution is -2.30. The number of thioether (sulfide) groups is 1. The van der Waals surface area contributed by atoms with Crippen molar-refractivity contribution in [1.82, 2.24) is 10.3 Å². The minimum Gasteiger partial charge on any atom is -0.439 e. The van der Waals surface area contributed by atoms with Crippen LogP contribution in [-0.2, 0) is 17.4 Å². The number of carbonyl (C=O) groups excluding carboxylic acids is 2. The highest BCUT2D eigenvalue weighted by atomic mass is 32.2. The summed E-state index contributed by atoms with van der Waals surface area (Å²) < 4.78 is 44.1. The molecule has 2 aliphatic rings. The molecule has 4 rings (SSSR count). The van der Waals surface area contributed by atoms with Gasteiger partial charge in [0.2, 0.25) is 11.8 Å². The molecule has 2 aromatic rings. The summed E-state index contributed by atoms with van der Waals surface area (Å²) in [4.78, 5) is 27.4. The Morgan fingerprint density at radius 2 is 2.03 bits per heavy atom. The van der Waals surface area contributed by atoms with Gasteiger partial charge in [-0.3, -0.25) is 14.9 Å². The Kier molecular flexibility index (Phi) is 5.02. The van der Waals surface area contributed by atoms with E-state index in [-0.39, 0.29) is 28.5 Å². The van der Waals surface area contributed by atoms with Gasteiger partial charge in [-0.15, -0.1) is 0 Å². The molecule has 1 N–H and O–H groups in total. The second-order valence-electron chi connectivity index (χ2n) is 7.12. The van der Waals surface area contributed by atoms with E-state index in [1.807, 2.05) is 12.1 Å². The van der Waals surface area contributed by atoms with Crippen LogP contribution in [0.5, 0.6) is 11.6 Å². The molecule has 0 radical (unpaired) electrons. The normalized spacial score (nSPS) is 21.7. The fraction of sp³-hybridized carbons (Fsp3) is 0.350. The van der Waals surface area contributed by atoms with Crippen LogP contribution in [0.15, 0.2) is 30.5 Å². The maximum Gasteiger partial charge on any atom is 0.417 e. The van der Waals surface area contributed by atoms with E-state index in [2.05, 4.69) is 10.3 Å². The molecule has 1 fully saturated rings. The van der Waals surface area contributed by atoms with Gasteiger partial charge in [-0.1, -0.05) is 17.8 Å². The monoisotopic (exact) mass is 422 g/mol. The van der Waals surface area contributed by atoms with Crippen LogP contribution < -0.4 is 10.1 Å². The van der Waals surface area contributed by atoms with Gasteiger partial charge in [0, 0.05) is 17.7 Å². The summed E-state index contributed by atoms with van der Waals surface area (Å²) >= 11 is 1.02. The molecule has 152 valence electrons. The van der Waals surface area contributed by atoms with E-state index < -0.39 is 17.0 Å². The fourth-order valence-electron chi connectivity index (χ4n) is 3.78. The van der Waals surface area contributed by atoms with E-state index in [1.165, 1.54) is 6.92 Å². The number of alkyl halides is 3. The van der Waals surface area contributed by atoms with Crippen molar-refractivity contribution in [3.8, 4) is 11.6 Å². The van der Waals surface area contributed by atoms with Crippen molar-refractivity contribution >= 4 is 22.9 Å². The van der Waals surface area contributed by atoms with E-state index >= 15 is 0 Å². The fourth-order valence-corrected chi connectivity index (χ4v) is 4.78. The van der Waals surface area contributed by atoms with Crippen LogP contribution in [0.1, 0.15) is 41.0 Å². The average Bonchev–Trinajstić information content (AvgIpc) is 3.00. The number of benzene rings is 1. The molecule has 2 heterocycles. The summed E-state index contributed by atoms with van der Waals surface area (Å²) in [6.45, 7) is 1.51. The van der Waals surface area contributed by atoms with E-state index in [0.29, 0.717) is 5.75 Å². The van der Waals surface area contributed by atoms with E-state index in [1.54, 1.807) is 6.07 Å². The van der Waals surface area contributed by atoms with Gasteiger partial charge in [0.1, 0.15) is 11.0 Å². The lowest BCUT2D eigenvalue weighted by atomic mass is 9.80. The van der Waals surface area contributed by atoms with E-state index in [9.17, 15) is 22.8 Å². The third-order valence-corrected chi connectivity index (χ3v) is 6.24. The summed E-state index contributed by atoms with van der Waals surface area (Å²) in [7, 11) is 0. The van der Waals surface area contributed by atoms with Crippen LogP contribution >= 0.6 is 11.8 Å². The average molecular weight is 422 g/mol. The van der Waals surface area contributed by atoms with Crippen LogP contribution in [0.3, 0.4) is 0 Å². The molecule has 5 nitrogen and oxygen atoms in total. The molecule has 1 unspecified atom stereocenters. The summed E-state index contributed by atoms with van der Waals surface area (Å²) in [5.41, 5.74) is 1.48. The van der Waals surface area contributed by atoms with Crippen molar-refractivity contribution in [2.24, 2.45) is 0 Å². The largest absolute Gasteiger partial charge is 0.439 e. The maximum absolute atomic E-state index is 12.8. The number of pyridine rings is 1. The number of aromatic nitrogens is 1. The molecular weight excluding hydrogens is 405 g/mol. The summed E-state index contributed by atoms with van der Waals surface area (Å²) in [5.74, 6) is 0.263. The predicted octanol–water partition coefficient (Wildman–Crippen LogP) is 4.97.